The summed E-state index contributed by atoms with van der Waals surface area (Å²) >= 11 is 0. The first-order valence-corrected chi connectivity index (χ1v) is 5.77. The van der Waals surface area contributed by atoms with Crippen molar-refractivity contribution in [2.75, 3.05) is 19.5 Å². The number of nitrogens with two attached hydrogens (primary N) is 1. The van der Waals surface area contributed by atoms with Gasteiger partial charge < -0.3 is 4.74 Å². The van der Waals surface area contributed by atoms with Crippen LogP contribution in [0.1, 0.15) is 12.8 Å². The zero-order chi connectivity index (χ0) is 11.0. The molecule has 7 heteroatoms. The highest BCUT2D eigenvalue weighted by atomic mass is 32.2. The van der Waals surface area contributed by atoms with Gasteiger partial charge in [-0.05, 0) is 0 Å². The van der Waals surface area contributed by atoms with Gasteiger partial charge in [0.15, 0.2) is 0 Å². The average Bonchev–Trinajstić information content (AvgIpc) is 1.77. The van der Waals surface area contributed by atoms with Crippen LogP contribution < -0.4 is 5.14 Å². The number of methoxy groups -OCH3 is 1. The summed E-state index contributed by atoms with van der Waals surface area (Å²) in [5.41, 5.74) is -0.994. The van der Waals surface area contributed by atoms with Crippen LogP contribution in [0.2, 0.25) is 0 Å². The number of rotatable bonds is 4. The van der Waals surface area contributed by atoms with E-state index in [1.165, 1.54) is 7.11 Å². The number of primary sulfonamides is 1. The number of sulfonamides is 1. The topological polar surface area (TPSA) is 69.4 Å². The van der Waals surface area contributed by atoms with Crippen molar-refractivity contribution in [3.63, 3.8) is 0 Å². The highest BCUT2D eigenvalue weighted by Gasteiger charge is 2.57. The lowest BCUT2D eigenvalue weighted by atomic mass is 9.68. The molecule has 0 aromatic carbocycles. The van der Waals surface area contributed by atoms with Crippen molar-refractivity contribution in [3.8, 4) is 0 Å². The molecule has 0 unspecified atom stereocenters. The van der Waals surface area contributed by atoms with E-state index in [2.05, 4.69) is 0 Å². The minimum absolute atomic E-state index is 0.000972. The number of halogens is 2. The summed E-state index contributed by atoms with van der Waals surface area (Å²) in [5.74, 6) is -3.22. The van der Waals surface area contributed by atoms with Crippen molar-refractivity contribution < 1.29 is 21.9 Å². The summed E-state index contributed by atoms with van der Waals surface area (Å²) in [5, 5.41) is 4.82. The van der Waals surface area contributed by atoms with Gasteiger partial charge in [0.1, 0.15) is 0 Å². The van der Waals surface area contributed by atoms with Gasteiger partial charge in [-0.1, -0.05) is 0 Å². The van der Waals surface area contributed by atoms with E-state index in [1.807, 2.05) is 0 Å². The van der Waals surface area contributed by atoms with Crippen LogP contribution in [-0.2, 0) is 14.8 Å². The molecule has 0 radical (unpaired) electrons. The van der Waals surface area contributed by atoms with Crippen molar-refractivity contribution in [1.82, 2.24) is 0 Å². The minimum Gasteiger partial charge on any atom is -0.384 e. The average molecular weight is 229 g/mol. The first-order chi connectivity index (χ1) is 6.18. The summed E-state index contributed by atoms with van der Waals surface area (Å²) in [4.78, 5) is 0. The second-order valence-corrected chi connectivity index (χ2v) is 5.56. The number of hydrogen-bond acceptors (Lipinski definition) is 3. The Bertz CT molecular complexity index is 307. The molecule has 84 valence electrons. The van der Waals surface area contributed by atoms with Gasteiger partial charge in [0.25, 0.3) is 0 Å². The molecular weight excluding hydrogens is 216 g/mol. The molecule has 2 N–H and O–H groups in total. The summed E-state index contributed by atoms with van der Waals surface area (Å²) in [7, 11) is -2.38. The van der Waals surface area contributed by atoms with Crippen LogP contribution >= 0.6 is 0 Å². The van der Waals surface area contributed by atoms with Crippen LogP contribution in [0.5, 0.6) is 0 Å². The monoisotopic (exact) mass is 229 g/mol. The van der Waals surface area contributed by atoms with Gasteiger partial charge in [-0.2, -0.15) is 0 Å². The van der Waals surface area contributed by atoms with Crippen molar-refractivity contribution in [2.24, 2.45) is 10.6 Å². The Kier molecular flexibility index (Phi) is 2.86. The molecule has 0 bridgehead atoms. The normalized spacial score (nSPS) is 24.3. The second-order valence-electron chi connectivity index (χ2n) is 3.95. The van der Waals surface area contributed by atoms with E-state index in [4.69, 9.17) is 9.88 Å². The molecule has 1 saturated carbocycles. The third-order valence-electron chi connectivity index (χ3n) is 2.23. The fourth-order valence-electron chi connectivity index (χ4n) is 2.02. The Hall–Kier alpha value is -0.270. The molecule has 0 amide bonds. The lowest BCUT2D eigenvalue weighted by Crippen LogP contribution is -2.53. The lowest BCUT2D eigenvalue weighted by Gasteiger charge is -2.46. The van der Waals surface area contributed by atoms with Gasteiger partial charge >= 0.3 is 0 Å². The summed E-state index contributed by atoms with van der Waals surface area (Å²) in [6.07, 6.45) is -0.936. The smallest absolute Gasteiger partial charge is 0.249 e. The first kappa shape index (κ1) is 11.8. The van der Waals surface area contributed by atoms with E-state index in [-0.39, 0.29) is 6.61 Å². The van der Waals surface area contributed by atoms with Crippen LogP contribution in [0.4, 0.5) is 8.78 Å². The maximum Gasteiger partial charge on any atom is 0.249 e. The zero-order valence-corrected chi connectivity index (χ0v) is 8.61. The highest BCUT2D eigenvalue weighted by Crippen LogP contribution is 2.52. The Morgan fingerprint density at radius 2 is 1.93 bits per heavy atom. The maximum atomic E-state index is 12.6. The van der Waals surface area contributed by atoms with Crippen molar-refractivity contribution in [3.05, 3.63) is 0 Å². The lowest BCUT2D eigenvalue weighted by molar-refractivity contribution is -0.169. The van der Waals surface area contributed by atoms with Gasteiger partial charge in [-0.15, -0.1) is 0 Å². The minimum atomic E-state index is -3.73. The molecule has 1 fully saturated rings. The Morgan fingerprint density at radius 3 is 2.21 bits per heavy atom. The standard InChI is InChI=1S/C7H13F2NO3S/c1-13-4-6(5-14(10,11)12)2-7(8,9)3-6/h2-5H2,1H3,(H2,10,11,12). The molecule has 0 aliphatic heterocycles. The quantitative estimate of drug-likeness (QED) is 0.755. The third-order valence-corrected chi connectivity index (χ3v) is 3.24. The molecule has 1 aliphatic carbocycles. The van der Waals surface area contributed by atoms with E-state index in [9.17, 15) is 17.2 Å². The van der Waals surface area contributed by atoms with Crippen LogP contribution in [0.25, 0.3) is 0 Å². The first-order valence-electron chi connectivity index (χ1n) is 4.05. The molecule has 0 atom stereocenters. The van der Waals surface area contributed by atoms with Crippen molar-refractivity contribution >= 4 is 10.0 Å². The van der Waals surface area contributed by atoms with Crippen molar-refractivity contribution in [1.29, 1.82) is 0 Å². The van der Waals surface area contributed by atoms with E-state index >= 15 is 0 Å². The molecule has 0 aromatic heterocycles. The van der Waals surface area contributed by atoms with Gasteiger partial charge in [-0.3, -0.25) is 0 Å². The Labute approximate surface area is 81.5 Å². The highest BCUT2D eigenvalue weighted by molar-refractivity contribution is 7.89. The molecule has 0 aromatic rings. The maximum absolute atomic E-state index is 12.6. The Balaban J connectivity index is 2.68. The van der Waals surface area contributed by atoms with Gasteiger partial charge in [-0.25, -0.2) is 22.3 Å². The summed E-state index contributed by atoms with van der Waals surface area (Å²) < 4.78 is 51.6. The molecule has 0 heterocycles. The van der Waals surface area contributed by atoms with Gasteiger partial charge in [0, 0.05) is 25.4 Å². The van der Waals surface area contributed by atoms with Crippen molar-refractivity contribution in [2.45, 2.75) is 18.8 Å². The van der Waals surface area contributed by atoms with Crippen LogP contribution in [0.15, 0.2) is 0 Å². The zero-order valence-electron chi connectivity index (χ0n) is 7.79. The summed E-state index contributed by atoms with van der Waals surface area (Å²) in [6.45, 7) is -0.000972. The number of alkyl halides is 2. The number of hydrogen-bond donors (Lipinski definition) is 1. The molecule has 14 heavy (non-hydrogen) atoms. The second kappa shape index (κ2) is 3.39. The van der Waals surface area contributed by atoms with E-state index < -0.39 is 40.0 Å². The molecule has 4 nitrogen and oxygen atoms in total. The van der Waals surface area contributed by atoms with Gasteiger partial charge in [0.2, 0.25) is 15.9 Å². The molecule has 0 spiro atoms. The van der Waals surface area contributed by atoms with Crippen LogP contribution in [0.3, 0.4) is 0 Å². The predicted molar refractivity (Wildman–Crippen MR) is 46.5 cm³/mol. The predicted octanol–water partition coefficient (Wildman–Crippen LogP) is 0.337. The third kappa shape index (κ3) is 2.86. The SMILES string of the molecule is COCC1(CS(N)(=O)=O)CC(F)(F)C1. The molecular formula is C7H13F2NO3S. The van der Waals surface area contributed by atoms with E-state index in [0.29, 0.717) is 0 Å². The molecule has 0 saturated heterocycles. The largest absolute Gasteiger partial charge is 0.384 e. The molecule has 1 aliphatic rings. The number of ether oxygens (including phenoxy) is 1. The fourth-order valence-corrected chi connectivity index (χ4v) is 3.17. The van der Waals surface area contributed by atoms with Gasteiger partial charge in [0.05, 0.1) is 12.4 Å². The van der Waals surface area contributed by atoms with Crippen LogP contribution in [0, 0.1) is 5.41 Å². The molecule has 1 rings (SSSR count). The summed E-state index contributed by atoms with van der Waals surface area (Å²) in [6, 6.07) is 0. The van der Waals surface area contributed by atoms with E-state index in [1.54, 1.807) is 0 Å². The van der Waals surface area contributed by atoms with Crippen LogP contribution in [-0.4, -0.2) is 33.8 Å². The van der Waals surface area contributed by atoms with E-state index in [0.717, 1.165) is 0 Å². The fraction of sp³-hybridized carbons (Fsp3) is 1.00. The Morgan fingerprint density at radius 1 is 1.43 bits per heavy atom.